The van der Waals surface area contributed by atoms with Crippen molar-refractivity contribution in [3.8, 4) is 0 Å². The molecule has 2 aliphatic heterocycles. The molecule has 0 aliphatic carbocycles. The zero-order valence-corrected chi connectivity index (χ0v) is 15.9. The molecule has 0 aromatic carbocycles. The molecule has 0 N–H and O–H groups in total. The first-order valence-corrected chi connectivity index (χ1v) is 9.30. The fourth-order valence-corrected chi connectivity index (χ4v) is 3.72. The number of rotatable bonds is 3. The van der Waals surface area contributed by atoms with Gasteiger partial charge < -0.3 is 9.80 Å². The summed E-state index contributed by atoms with van der Waals surface area (Å²) in [5.41, 5.74) is 0.778. The van der Waals surface area contributed by atoms with E-state index in [1.807, 2.05) is 11.0 Å². The van der Waals surface area contributed by atoms with Crippen molar-refractivity contribution in [2.24, 2.45) is 11.8 Å². The van der Waals surface area contributed by atoms with Gasteiger partial charge in [-0.05, 0) is 32.5 Å². The Balaban J connectivity index is 1.57. The second-order valence-electron chi connectivity index (χ2n) is 8.70. The van der Waals surface area contributed by atoms with Gasteiger partial charge in [-0.15, -0.1) is 0 Å². The lowest BCUT2D eigenvalue weighted by Crippen LogP contribution is -2.55. The number of hydrogen-bond acceptors (Lipinski definition) is 4. The maximum Gasteiger partial charge on any atom is 0.266 e. The van der Waals surface area contributed by atoms with Crippen LogP contribution in [0.3, 0.4) is 0 Å². The zero-order chi connectivity index (χ0) is 18.2. The molecule has 1 amide bonds. The Kier molecular flexibility index (Phi) is 5.00. The van der Waals surface area contributed by atoms with Crippen molar-refractivity contribution < 1.29 is 4.79 Å². The van der Waals surface area contributed by atoms with E-state index in [4.69, 9.17) is 0 Å². The van der Waals surface area contributed by atoms with Crippen LogP contribution < -0.4 is 5.56 Å². The average Bonchev–Trinajstić information content (AvgIpc) is 2.50. The number of hydrogen-bond donors (Lipinski definition) is 0. The summed E-state index contributed by atoms with van der Waals surface area (Å²) in [4.78, 5) is 28.9. The number of amides is 1. The second-order valence-corrected chi connectivity index (χ2v) is 8.70. The Labute approximate surface area is 149 Å². The Hall–Kier alpha value is -1.69. The van der Waals surface area contributed by atoms with Crippen LogP contribution in [0.5, 0.6) is 0 Å². The van der Waals surface area contributed by atoms with Crippen LogP contribution >= 0.6 is 0 Å². The van der Waals surface area contributed by atoms with Gasteiger partial charge in [0.2, 0.25) is 5.91 Å². The monoisotopic (exact) mass is 346 g/mol. The summed E-state index contributed by atoms with van der Waals surface area (Å²) in [7, 11) is 2.08. The molecule has 2 fully saturated rings. The van der Waals surface area contributed by atoms with E-state index in [0.29, 0.717) is 12.5 Å². The number of likely N-dealkylation sites (tertiary alicyclic amines) is 2. The summed E-state index contributed by atoms with van der Waals surface area (Å²) in [5.74, 6) is 0.752. The summed E-state index contributed by atoms with van der Waals surface area (Å²) in [5, 5.41) is 4.53. The van der Waals surface area contributed by atoms with E-state index in [2.05, 4.69) is 37.8 Å². The molecule has 3 rings (SSSR count). The number of aromatic nitrogens is 2. The van der Waals surface area contributed by atoms with Crippen molar-refractivity contribution in [2.45, 2.75) is 45.6 Å². The van der Waals surface area contributed by atoms with Gasteiger partial charge in [0, 0.05) is 37.0 Å². The molecule has 0 radical (unpaired) electrons. The van der Waals surface area contributed by atoms with E-state index in [1.54, 1.807) is 10.7 Å². The first kappa shape index (κ1) is 18.1. The topological polar surface area (TPSA) is 58.4 Å². The highest BCUT2D eigenvalue weighted by Crippen LogP contribution is 2.24. The minimum absolute atomic E-state index is 0.0633. The highest BCUT2D eigenvalue weighted by atomic mass is 16.2. The lowest BCUT2D eigenvalue weighted by atomic mass is 9.92. The molecule has 138 valence electrons. The van der Waals surface area contributed by atoms with Gasteiger partial charge in [0.25, 0.3) is 5.56 Å². The van der Waals surface area contributed by atoms with E-state index in [-0.39, 0.29) is 22.8 Å². The van der Waals surface area contributed by atoms with E-state index < -0.39 is 0 Å². The third-order valence-electron chi connectivity index (χ3n) is 5.31. The fraction of sp³-hybridized carbons (Fsp3) is 0.737. The largest absolute Gasteiger partial charge is 0.342 e. The standard InChI is InChI=1S/C19H30N4O2/c1-19(2,3)16-7-8-17(24)23(20-16)12-14-10-22(11-14)18(25)15-6-5-9-21(4)13-15/h7-8,14-15H,5-6,9-13H2,1-4H3. The van der Waals surface area contributed by atoms with Gasteiger partial charge in [-0.25, -0.2) is 4.68 Å². The van der Waals surface area contributed by atoms with Gasteiger partial charge in [0.05, 0.1) is 18.2 Å². The van der Waals surface area contributed by atoms with Crippen LogP contribution in [0.1, 0.15) is 39.3 Å². The van der Waals surface area contributed by atoms with Gasteiger partial charge in [0.15, 0.2) is 0 Å². The molecular formula is C19H30N4O2. The SMILES string of the molecule is CN1CCCC(C(=O)N2CC(Cn3nc(C(C)(C)C)ccc3=O)C2)C1. The molecule has 0 spiro atoms. The Morgan fingerprint density at radius 1 is 1.24 bits per heavy atom. The van der Waals surface area contributed by atoms with Crippen molar-refractivity contribution in [2.75, 3.05) is 33.2 Å². The van der Waals surface area contributed by atoms with Gasteiger partial charge in [-0.3, -0.25) is 9.59 Å². The lowest BCUT2D eigenvalue weighted by molar-refractivity contribution is -0.144. The van der Waals surface area contributed by atoms with Gasteiger partial charge >= 0.3 is 0 Å². The van der Waals surface area contributed by atoms with Crippen molar-refractivity contribution in [1.82, 2.24) is 19.6 Å². The van der Waals surface area contributed by atoms with Crippen LogP contribution in [0.15, 0.2) is 16.9 Å². The average molecular weight is 346 g/mol. The molecule has 0 bridgehead atoms. The van der Waals surface area contributed by atoms with Crippen LogP contribution in [0.25, 0.3) is 0 Å². The maximum atomic E-state index is 12.6. The summed E-state index contributed by atoms with van der Waals surface area (Å²) in [6.07, 6.45) is 2.10. The summed E-state index contributed by atoms with van der Waals surface area (Å²) in [6.45, 7) is 10.3. The van der Waals surface area contributed by atoms with Crippen molar-refractivity contribution >= 4 is 5.91 Å². The normalized spacial score (nSPS) is 22.7. The van der Waals surface area contributed by atoms with Crippen LogP contribution in [0, 0.1) is 11.8 Å². The summed E-state index contributed by atoms with van der Waals surface area (Å²) in [6, 6.07) is 3.42. The molecule has 1 atom stereocenters. The van der Waals surface area contributed by atoms with E-state index in [0.717, 1.165) is 44.7 Å². The third kappa shape index (κ3) is 4.11. The molecule has 0 saturated carbocycles. The Morgan fingerprint density at radius 2 is 1.96 bits per heavy atom. The summed E-state index contributed by atoms with van der Waals surface area (Å²) >= 11 is 0. The smallest absolute Gasteiger partial charge is 0.266 e. The quantitative estimate of drug-likeness (QED) is 0.829. The molecule has 25 heavy (non-hydrogen) atoms. The molecule has 6 heteroatoms. The molecule has 1 unspecified atom stereocenters. The number of carbonyl (C=O) groups is 1. The van der Waals surface area contributed by atoms with Crippen molar-refractivity contribution in [1.29, 1.82) is 0 Å². The van der Waals surface area contributed by atoms with E-state index in [9.17, 15) is 9.59 Å². The highest BCUT2D eigenvalue weighted by molar-refractivity contribution is 5.80. The molecule has 1 aromatic heterocycles. The highest BCUT2D eigenvalue weighted by Gasteiger charge is 2.36. The third-order valence-corrected chi connectivity index (χ3v) is 5.31. The Morgan fingerprint density at radius 3 is 2.60 bits per heavy atom. The molecular weight excluding hydrogens is 316 g/mol. The van der Waals surface area contributed by atoms with Gasteiger partial charge in [-0.2, -0.15) is 5.10 Å². The molecule has 2 aliphatic rings. The van der Waals surface area contributed by atoms with E-state index in [1.165, 1.54) is 0 Å². The Bertz CT molecular complexity index is 685. The number of carbonyl (C=O) groups excluding carboxylic acids is 1. The van der Waals surface area contributed by atoms with Gasteiger partial charge in [0.1, 0.15) is 0 Å². The van der Waals surface area contributed by atoms with Gasteiger partial charge in [-0.1, -0.05) is 20.8 Å². The van der Waals surface area contributed by atoms with E-state index >= 15 is 0 Å². The minimum atomic E-state index is -0.0793. The molecule has 1 aromatic rings. The molecule has 3 heterocycles. The van der Waals surface area contributed by atoms with Crippen molar-refractivity contribution in [3.63, 3.8) is 0 Å². The number of piperidine rings is 1. The van der Waals surface area contributed by atoms with Crippen LogP contribution in [0.2, 0.25) is 0 Å². The predicted octanol–water partition coefficient (Wildman–Crippen LogP) is 1.34. The molecule has 6 nitrogen and oxygen atoms in total. The fourth-order valence-electron chi connectivity index (χ4n) is 3.72. The first-order valence-electron chi connectivity index (χ1n) is 9.30. The molecule has 2 saturated heterocycles. The zero-order valence-electron chi connectivity index (χ0n) is 15.9. The minimum Gasteiger partial charge on any atom is -0.342 e. The van der Waals surface area contributed by atoms with Crippen molar-refractivity contribution in [3.05, 3.63) is 28.2 Å². The first-order chi connectivity index (χ1) is 11.7. The van der Waals surface area contributed by atoms with Crippen LogP contribution in [-0.4, -0.2) is 58.7 Å². The summed E-state index contributed by atoms with van der Waals surface area (Å²) < 4.78 is 1.57. The van der Waals surface area contributed by atoms with Crippen LogP contribution in [-0.2, 0) is 16.8 Å². The second kappa shape index (κ2) is 6.90. The number of nitrogens with zero attached hydrogens (tertiary/aromatic N) is 4. The predicted molar refractivity (Wildman–Crippen MR) is 97.5 cm³/mol. The van der Waals surface area contributed by atoms with Crippen LogP contribution in [0.4, 0.5) is 0 Å². The lowest BCUT2D eigenvalue weighted by Gasteiger charge is -2.42. The maximum absolute atomic E-state index is 12.6.